The molecular formula is C11H17N4Tl. The van der Waals surface area contributed by atoms with Crippen molar-refractivity contribution >= 4 is 37.6 Å². The van der Waals surface area contributed by atoms with Gasteiger partial charge in [-0.25, -0.2) is 0 Å². The molecule has 1 aromatic rings. The second-order valence-corrected chi connectivity index (χ2v) is 4.82. The molecule has 0 saturated carbocycles. The second-order valence-electron chi connectivity index (χ2n) is 3.82. The van der Waals surface area contributed by atoms with Gasteiger partial charge in [0.15, 0.2) is 0 Å². The first kappa shape index (κ1) is 13.4. The van der Waals surface area contributed by atoms with Crippen LogP contribution in [0.15, 0.2) is 27.1 Å². The Morgan fingerprint density at radius 1 is 1.38 bits per heavy atom. The van der Waals surface area contributed by atoms with E-state index in [1.54, 1.807) is 0 Å². The summed E-state index contributed by atoms with van der Waals surface area (Å²) in [5.74, 6) is 1.42. The summed E-state index contributed by atoms with van der Waals surface area (Å²) in [6.07, 6.45) is 0. The van der Waals surface area contributed by atoms with Gasteiger partial charge >= 0.3 is 113 Å². The molecule has 84 valence electrons. The van der Waals surface area contributed by atoms with Crippen LogP contribution in [0, 0.1) is 5.92 Å². The van der Waals surface area contributed by atoms with Crippen LogP contribution >= 0.6 is 0 Å². The Kier molecular flexibility index (Phi) is 5.75. The van der Waals surface area contributed by atoms with E-state index in [2.05, 4.69) is 27.5 Å². The summed E-state index contributed by atoms with van der Waals surface area (Å²) in [5.41, 5.74) is 13.9. The summed E-state index contributed by atoms with van der Waals surface area (Å²) in [4.78, 5) is 0. The van der Waals surface area contributed by atoms with Crippen molar-refractivity contribution in [1.29, 1.82) is 0 Å². The molecule has 0 radical (unpaired) electrons. The predicted octanol–water partition coefficient (Wildman–Crippen LogP) is 1.20. The number of hydrogen-bond donors (Lipinski definition) is 3. The Morgan fingerprint density at radius 3 is 2.44 bits per heavy atom. The van der Waals surface area contributed by atoms with E-state index in [1.807, 2.05) is 24.3 Å². The molecule has 0 amide bonds. The first-order chi connectivity index (χ1) is 7.67. The van der Waals surface area contributed by atoms with Gasteiger partial charge in [-0.05, 0) is 0 Å². The second kappa shape index (κ2) is 6.85. The van der Waals surface area contributed by atoms with Gasteiger partial charge in [-0.15, -0.1) is 0 Å². The fourth-order valence-electron chi connectivity index (χ4n) is 1.19. The average Bonchev–Trinajstić information content (AvgIpc) is 2.30. The zero-order valence-electron chi connectivity index (χ0n) is 9.70. The van der Waals surface area contributed by atoms with Crippen molar-refractivity contribution in [2.75, 3.05) is 5.43 Å². The predicted molar refractivity (Wildman–Crippen MR) is 69.1 cm³/mol. The van der Waals surface area contributed by atoms with Crippen molar-refractivity contribution in [3.05, 3.63) is 29.8 Å². The minimum absolute atomic E-state index is 0.417. The number of hydrazine groups is 1. The van der Waals surface area contributed by atoms with Crippen molar-refractivity contribution in [3.63, 3.8) is 0 Å². The van der Waals surface area contributed by atoms with Crippen LogP contribution < -0.4 is 16.6 Å². The summed E-state index contributed by atoms with van der Waals surface area (Å²) < 4.78 is 4.33. The molecule has 0 unspecified atom stereocenters. The van der Waals surface area contributed by atoms with Gasteiger partial charge < -0.3 is 0 Å². The molecule has 0 atom stereocenters. The first-order valence-corrected chi connectivity index (χ1v) is 7.27. The molecule has 4 nitrogen and oxygen atoms in total. The van der Waals surface area contributed by atoms with Crippen LogP contribution in [0.3, 0.4) is 0 Å². The number of nitrogens with two attached hydrogens (primary N) is 1. The van der Waals surface area contributed by atoms with Crippen molar-refractivity contribution in [3.8, 4) is 0 Å². The number of benzene rings is 1. The number of hydrogen-bond acceptors (Lipinski definition) is 3. The molecule has 0 fully saturated rings. The topological polar surface area (TPSA) is 62.4 Å². The Labute approximate surface area is 113 Å². The van der Waals surface area contributed by atoms with Gasteiger partial charge in [-0.3, -0.25) is 0 Å². The zero-order chi connectivity index (χ0) is 12.0. The zero-order valence-corrected chi connectivity index (χ0v) is 14.2. The van der Waals surface area contributed by atoms with Gasteiger partial charge in [0.05, 0.1) is 0 Å². The summed E-state index contributed by atoms with van der Waals surface area (Å²) in [7, 11) is 0. The average molecular weight is 410 g/mol. The maximum absolute atomic E-state index is 5.53. The maximum atomic E-state index is 5.53. The van der Waals surface area contributed by atoms with E-state index in [9.17, 15) is 0 Å². The molecule has 0 heterocycles. The van der Waals surface area contributed by atoms with E-state index in [1.165, 1.54) is 0 Å². The molecule has 0 aliphatic rings. The van der Waals surface area contributed by atoms with Crippen molar-refractivity contribution in [2.24, 2.45) is 14.5 Å². The summed E-state index contributed by atoms with van der Waals surface area (Å²) >= 11 is 0.622. The third-order valence-electron chi connectivity index (χ3n) is 2.21. The van der Waals surface area contributed by atoms with E-state index in [4.69, 9.17) is 5.73 Å². The summed E-state index contributed by atoms with van der Waals surface area (Å²) in [5, 5.41) is 0. The number of rotatable bonds is 4. The Morgan fingerprint density at radius 2 is 2.00 bits per heavy atom. The van der Waals surface area contributed by atoms with Crippen molar-refractivity contribution in [1.82, 2.24) is 5.43 Å². The quantitative estimate of drug-likeness (QED) is 0.303. The van der Waals surface area contributed by atoms with Crippen LogP contribution in [-0.4, -0.2) is 31.9 Å². The van der Waals surface area contributed by atoms with Gasteiger partial charge in [0.2, 0.25) is 0 Å². The van der Waals surface area contributed by atoms with E-state index < -0.39 is 0 Å². The Hall–Kier alpha value is -0.628. The number of nitrogens with zero attached hydrogens (tertiary/aromatic N) is 1. The van der Waals surface area contributed by atoms with E-state index >= 15 is 0 Å². The molecule has 0 saturated heterocycles. The molecular weight excluding hydrogens is 393 g/mol. The van der Waals surface area contributed by atoms with Crippen LogP contribution in [0.5, 0.6) is 0 Å². The monoisotopic (exact) mass is 410 g/mol. The standard InChI is InChI=1S/C11H17N4.Tl/c1-8(2)11(13)15-14-10-5-3-9(7-12)4-6-10;/h3-6,8,14H,7,12H2,1-2H3,(H-,13,15);/q-1;+1. The van der Waals surface area contributed by atoms with E-state index in [-0.39, 0.29) is 0 Å². The summed E-state index contributed by atoms with van der Waals surface area (Å²) in [6, 6.07) is 8.03. The molecule has 1 aromatic carbocycles. The van der Waals surface area contributed by atoms with Gasteiger partial charge in [0.25, 0.3) is 0 Å². The van der Waals surface area contributed by atoms with Gasteiger partial charge in [-0.2, -0.15) is 0 Å². The molecule has 4 N–H and O–H groups in total. The minimum atomic E-state index is 0.417. The third kappa shape index (κ3) is 4.09. The van der Waals surface area contributed by atoms with Crippen LogP contribution in [0.25, 0.3) is 0 Å². The van der Waals surface area contributed by atoms with E-state index in [0.29, 0.717) is 38.5 Å². The number of anilines is 1. The Balaban J connectivity index is 2.54. The fraction of sp³-hybridized carbons (Fsp3) is 0.364. The fourth-order valence-corrected chi connectivity index (χ4v) is 2.60. The SMILES string of the molecule is CC(C)/C(=[N]\[Tl])NNc1ccc(CN)cc1. The molecule has 0 aliphatic carbocycles. The molecule has 0 aliphatic heterocycles. The van der Waals surface area contributed by atoms with Gasteiger partial charge in [-0.1, -0.05) is 0 Å². The third-order valence-corrected chi connectivity index (χ3v) is 3.29. The van der Waals surface area contributed by atoms with Crippen LogP contribution in [0.4, 0.5) is 5.69 Å². The Bertz CT molecular complexity index is 346. The normalized spacial score (nSPS) is 11.6. The molecule has 0 bridgehead atoms. The van der Waals surface area contributed by atoms with E-state index in [0.717, 1.165) is 17.1 Å². The molecule has 1 rings (SSSR count). The van der Waals surface area contributed by atoms with Crippen molar-refractivity contribution < 1.29 is 0 Å². The molecule has 16 heavy (non-hydrogen) atoms. The molecule has 0 aromatic heterocycles. The van der Waals surface area contributed by atoms with Crippen LogP contribution in [0.2, 0.25) is 0 Å². The molecule has 0 spiro atoms. The van der Waals surface area contributed by atoms with Crippen molar-refractivity contribution in [2.45, 2.75) is 20.4 Å². The summed E-state index contributed by atoms with van der Waals surface area (Å²) in [6.45, 7) is 4.81. The number of amidine groups is 1. The number of nitrogens with one attached hydrogen (secondary N) is 2. The first-order valence-electron chi connectivity index (χ1n) is 5.26. The van der Waals surface area contributed by atoms with Crippen LogP contribution in [-0.2, 0) is 6.54 Å². The molecule has 5 heteroatoms. The van der Waals surface area contributed by atoms with Gasteiger partial charge in [0.1, 0.15) is 0 Å². The van der Waals surface area contributed by atoms with Crippen LogP contribution in [0.1, 0.15) is 19.4 Å². The van der Waals surface area contributed by atoms with Gasteiger partial charge in [0, 0.05) is 0 Å².